The van der Waals surface area contributed by atoms with Gasteiger partial charge in [0.25, 0.3) is 0 Å². The number of ether oxygens (including phenoxy) is 3. The van der Waals surface area contributed by atoms with Crippen LogP contribution < -0.4 is 25.3 Å². The predicted octanol–water partition coefficient (Wildman–Crippen LogP) is 1.38. The van der Waals surface area contributed by atoms with Crippen LogP contribution in [0.15, 0.2) is 17.1 Å². The summed E-state index contributed by atoms with van der Waals surface area (Å²) in [5.74, 6) is 2.62. The third-order valence-electron chi connectivity index (χ3n) is 4.74. The lowest BCUT2D eigenvalue weighted by molar-refractivity contribution is -0.119. The highest BCUT2D eigenvalue weighted by Gasteiger charge is 2.24. The standard InChI is InChI=1S/C19H30N4O4/c1-21-19(23-9-5-6-13(12-23)10-16(20)24)22-11-14-7-8-15(25-2)18(27-4)17(14)26-3/h7-8,13H,5-6,9-12H2,1-4H3,(H2,20,24)(H,21,22). The summed E-state index contributed by atoms with van der Waals surface area (Å²) < 4.78 is 16.3. The van der Waals surface area contributed by atoms with Crippen molar-refractivity contribution < 1.29 is 19.0 Å². The van der Waals surface area contributed by atoms with Crippen LogP contribution in [0.1, 0.15) is 24.8 Å². The van der Waals surface area contributed by atoms with E-state index >= 15 is 0 Å². The number of carbonyl (C=O) groups is 1. The number of methoxy groups -OCH3 is 3. The number of primary amides is 1. The number of piperidine rings is 1. The van der Waals surface area contributed by atoms with E-state index in [4.69, 9.17) is 19.9 Å². The number of hydrogen-bond donors (Lipinski definition) is 2. The van der Waals surface area contributed by atoms with E-state index in [0.717, 1.165) is 37.5 Å². The average molecular weight is 378 g/mol. The molecule has 1 unspecified atom stereocenters. The smallest absolute Gasteiger partial charge is 0.217 e. The Hall–Kier alpha value is -2.64. The van der Waals surface area contributed by atoms with E-state index in [9.17, 15) is 4.79 Å². The number of nitrogens with zero attached hydrogens (tertiary/aromatic N) is 2. The number of hydrogen-bond acceptors (Lipinski definition) is 5. The minimum atomic E-state index is -0.250. The van der Waals surface area contributed by atoms with Gasteiger partial charge in [0, 0.05) is 38.7 Å². The maximum atomic E-state index is 11.2. The summed E-state index contributed by atoms with van der Waals surface area (Å²) in [6.07, 6.45) is 2.44. The van der Waals surface area contributed by atoms with Gasteiger partial charge in [-0.2, -0.15) is 0 Å². The number of guanidine groups is 1. The summed E-state index contributed by atoms with van der Waals surface area (Å²) in [7, 11) is 6.54. The van der Waals surface area contributed by atoms with Crippen LogP contribution in [-0.4, -0.2) is 58.2 Å². The molecule has 1 saturated heterocycles. The van der Waals surface area contributed by atoms with E-state index in [-0.39, 0.29) is 11.8 Å². The predicted molar refractivity (Wildman–Crippen MR) is 104 cm³/mol. The highest BCUT2D eigenvalue weighted by atomic mass is 16.5. The Balaban J connectivity index is 2.09. The maximum absolute atomic E-state index is 11.2. The SMILES string of the molecule is CN=C(NCc1ccc(OC)c(OC)c1OC)N1CCCC(CC(N)=O)C1. The van der Waals surface area contributed by atoms with Crippen molar-refractivity contribution in [3.05, 3.63) is 17.7 Å². The summed E-state index contributed by atoms with van der Waals surface area (Å²) in [5, 5.41) is 3.38. The molecule has 1 heterocycles. The lowest BCUT2D eigenvalue weighted by Gasteiger charge is -2.34. The fourth-order valence-corrected chi connectivity index (χ4v) is 3.52. The highest BCUT2D eigenvalue weighted by molar-refractivity contribution is 5.80. The van der Waals surface area contributed by atoms with Gasteiger partial charge in [0.05, 0.1) is 21.3 Å². The molecular formula is C19H30N4O4. The molecule has 150 valence electrons. The molecule has 0 radical (unpaired) electrons. The number of rotatable bonds is 7. The van der Waals surface area contributed by atoms with E-state index in [0.29, 0.717) is 30.2 Å². The Morgan fingerprint density at radius 3 is 2.59 bits per heavy atom. The fourth-order valence-electron chi connectivity index (χ4n) is 3.52. The van der Waals surface area contributed by atoms with Crippen LogP contribution >= 0.6 is 0 Å². The van der Waals surface area contributed by atoms with Crippen molar-refractivity contribution in [1.82, 2.24) is 10.2 Å². The summed E-state index contributed by atoms with van der Waals surface area (Å²) in [6, 6.07) is 3.79. The Morgan fingerprint density at radius 2 is 2.00 bits per heavy atom. The second-order valence-corrected chi connectivity index (χ2v) is 6.52. The molecule has 0 spiro atoms. The molecule has 27 heavy (non-hydrogen) atoms. The van der Waals surface area contributed by atoms with Gasteiger partial charge >= 0.3 is 0 Å². The van der Waals surface area contributed by atoms with Gasteiger partial charge in [0.2, 0.25) is 11.7 Å². The quantitative estimate of drug-likeness (QED) is 0.549. The van der Waals surface area contributed by atoms with Gasteiger partial charge in [-0.15, -0.1) is 0 Å². The van der Waals surface area contributed by atoms with Crippen LogP contribution in [0.2, 0.25) is 0 Å². The van der Waals surface area contributed by atoms with Gasteiger partial charge in [0.1, 0.15) is 0 Å². The van der Waals surface area contributed by atoms with Crippen molar-refractivity contribution >= 4 is 11.9 Å². The molecule has 2 rings (SSSR count). The van der Waals surface area contributed by atoms with Crippen molar-refractivity contribution in [3.63, 3.8) is 0 Å². The van der Waals surface area contributed by atoms with Crippen LogP contribution in [0.3, 0.4) is 0 Å². The molecule has 1 atom stereocenters. The molecule has 1 aromatic carbocycles. The first-order chi connectivity index (χ1) is 13.0. The molecule has 0 bridgehead atoms. The molecule has 0 saturated carbocycles. The third-order valence-corrected chi connectivity index (χ3v) is 4.74. The highest BCUT2D eigenvalue weighted by Crippen LogP contribution is 2.39. The Labute approximate surface area is 160 Å². The first-order valence-electron chi connectivity index (χ1n) is 9.05. The first-order valence-corrected chi connectivity index (χ1v) is 9.05. The number of amides is 1. The monoisotopic (exact) mass is 378 g/mol. The minimum absolute atomic E-state index is 0.250. The van der Waals surface area contributed by atoms with Crippen LogP contribution in [0.4, 0.5) is 0 Å². The lowest BCUT2D eigenvalue weighted by atomic mass is 9.95. The molecule has 3 N–H and O–H groups in total. The van der Waals surface area contributed by atoms with Gasteiger partial charge < -0.3 is 30.2 Å². The zero-order valence-electron chi connectivity index (χ0n) is 16.6. The van der Waals surface area contributed by atoms with E-state index < -0.39 is 0 Å². The Kier molecular flexibility index (Phi) is 7.57. The van der Waals surface area contributed by atoms with Crippen LogP contribution in [-0.2, 0) is 11.3 Å². The Morgan fingerprint density at radius 1 is 1.26 bits per heavy atom. The van der Waals surface area contributed by atoms with E-state index in [1.807, 2.05) is 12.1 Å². The molecule has 1 aliphatic rings. The number of benzene rings is 1. The van der Waals surface area contributed by atoms with Crippen molar-refractivity contribution in [3.8, 4) is 17.2 Å². The van der Waals surface area contributed by atoms with Gasteiger partial charge in [-0.1, -0.05) is 0 Å². The lowest BCUT2D eigenvalue weighted by Crippen LogP contribution is -2.46. The third kappa shape index (κ3) is 5.18. The number of aliphatic imine (C=N–C) groups is 1. The van der Waals surface area contributed by atoms with Gasteiger partial charge in [-0.3, -0.25) is 9.79 Å². The normalized spacial score (nSPS) is 17.4. The summed E-state index contributed by atoms with van der Waals surface area (Å²) in [6.45, 7) is 2.19. The molecule has 8 nitrogen and oxygen atoms in total. The first kappa shape index (κ1) is 20.7. The van der Waals surface area contributed by atoms with Crippen molar-refractivity contribution in [2.75, 3.05) is 41.5 Å². The molecule has 8 heteroatoms. The van der Waals surface area contributed by atoms with Gasteiger partial charge in [-0.05, 0) is 30.9 Å². The van der Waals surface area contributed by atoms with Crippen molar-refractivity contribution in [2.45, 2.75) is 25.8 Å². The van der Waals surface area contributed by atoms with Crippen LogP contribution in [0.5, 0.6) is 17.2 Å². The van der Waals surface area contributed by atoms with Gasteiger partial charge in [-0.25, -0.2) is 0 Å². The summed E-state index contributed by atoms with van der Waals surface area (Å²) in [4.78, 5) is 17.8. The number of carbonyl (C=O) groups excluding carboxylic acids is 1. The van der Waals surface area contributed by atoms with Gasteiger partial charge in [0.15, 0.2) is 17.5 Å². The van der Waals surface area contributed by atoms with Crippen molar-refractivity contribution in [1.29, 1.82) is 0 Å². The minimum Gasteiger partial charge on any atom is -0.493 e. The van der Waals surface area contributed by atoms with E-state index in [1.54, 1.807) is 28.4 Å². The second-order valence-electron chi connectivity index (χ2n) is 6.52. The number of likely N-dealkylation sites (tertiary alicyclic amines) is 1. The largest absolute Gasteiger partial charge is 0.493 e. The zero-order valence-corrected chi connectivity index (χ0v) is 16.6. The molecule has 1 amide bonds. The van der Waals surface area contributed by atoms with E-state index in [2.05, 4.69) is 15.2 Å². The average Bonchev–Trinajstić information content (AvgIpc) is 2.67. The van der Waals surface area contributed by atoms with Crippen LogP contribution in [0, 0.1) is 5.92 Å². The number of nitrogens with two attached hydrogens (primary N) is 1. The van der Waals surface area contributed by atoms with Crippen molar-refractivity contribution in [2.24, 2.45) is 16.6 Å². The maximum Gasteiger partial charge on any atom is 0.217 e. The molecule has 0 aliphatic carbocycles. The molecular weight excluding hydrogens is 348 g/mol. The zero-order chi connectivity index (χ0) is 19.8. The second kappa shape index (κ2) is 9.89. The van der Waals surface area contributed by atoms with Crippen LogP contribution in [0.25, 0.3) is 0 Å². The fraction of sp³-hybridized carbons (Fsp3) is 0.579. The Bertz CT molecular complexity index is 678. The summed E-state index contributed by atoms with van der Waals surface area (Å²) in [5.41, 5.74) is 6.29. The molecule has 1 fully saturated rings. The molecule has 0 aromatic heterocycles. The number of nitrogens with one attached hydrogen (secondary N) is 1. The molecule has 1 aromatic rings. The molecule has 1 aliphatic heterocycles. The summed E-state index contributed by atoms with van der Waals surface area (Å²) >= 11 is 0. The topological polar surface area (TPSA) is 98.4 Å². The van der Waals surface area contributed by atoms with E-state index in [1.165, 1.54) is 0 Å².